The van der Waals surface area contributed by atoms with Crippen molar-refractivity contribution in [2.75, 3.05) is 20.3 Å². The fraction of sp³-hybridized carbons (Fsp3) is 0.154. The first-order chi connectivity index (χ1) is 16.9. The van der Waals surface area contributed by atoms with Gasteiger partial charge in [-0.1, -0.05) is 47.5 Å². The summed E-state index contributed by atoms with van der Waals surface area (Å²) in [5, 5.41) is 0.866. The van der Waals surface area contributed by atoms with Gasteiger partial charge in [-0.3, -0.25) is 14.5 Å². The molecule has 1 saturated heterocycles. The molecule has 4 rings (SSSR count). The normalized spacial score (nSPS) is 14.5. The van der Waals surface area contributed by atoms with Crippen LogP contribution in [0.5, 0.6) is 17.2 Å². The molecule has 3 aromatic rings. The van der Waals surface area contributed by atoms with Crippen LogP contribution in [0.3, 0.4) is 0 Å². The van der Waals surface area contributed by atoms with Gasteiger partial charge in [0.15, 0.2) is 11.5 Å². The maximum absolute atomic E-state index is 12.8. The van der Waals surface area contributed by atoms with Crippen molar-refractivity contribution >= 4 is 52.2 Å². The molecule has 0 unspecified atom stereocenters. The van der Waals surface area contributed by atoms with Crippen LogP contribution in [-0.2, 0) is 11.4 Å². The van der Waals surface area contributed by atoms with E-state index in [1.165, 1.54) is 4.90 Å². The highest BCUT2D eigenvalue weighted by molar-refractivity contribution is 8.18. The molecule has 0 spiro atoms. The summed E-state index contributed by atoms with van der Waals surface area (Å²) >= 11 is 13.0. The molecule has 0 radical (unpaired) electrons. The summed E-state index contributed by atoms with van der Waals surface area (Å²) in [6.45, 7) is 0.568. The number of carbonyl (C=O) groups is 2. The Hall–Kier alpha value is -3.13. The van der Waals surface area contributed by atoms with E-state index in [9.17, 15) is 9.59 Å². The van der Waals surface area contributed by atoms with Gasteiger partial charge in [0.1, 0.15) is 19.0 Å². The molecule has 2 amide bonds. The Kier molecular flexibility index (Phi) is 8.23. The van der Waals surface area contributed by atoms with Crippen LogP contribution in [0.25, 0.3) is 6.08 Å². The molecule has 6 nitrogen and oxygen atoms in total. The Morgan fingerprint density at radius 2 is 1.71 bits per heavy atom. The van der Waals surface area contributed by atoms with Crippen molar-refractivity contribution in [2.24, 2.45) is 0 Å². The van der Waals surface area contributed by atoms with Crippen LogP contribution < -0.4 is 14.2 Å². The molecule has 0 bridgehead atoms. The molecule has 0 atom stereocenters. The zero-order valence-electron chi connectivity index (χ0n) is 18.7. The standard InChI is InChI=1S/C26H21Cl2NO5S/c1-32-22-11-6-17(14-23(22)34-16-18-4-2-3-5-21(18)28)15-24-25(30)29(26(31)35-24)12-13-33-20-9-7-19(27)8-10-20/h2-11,14-15H,12-13,16H2,1H3/b24-15-. The van der Waals surface area contributed by atoms with Crippen molar-refractivity contribution in [1.82, 2.24) is 4.90 Å². The summed E-state index contributed by atoms with van der Waals surface area (Å²) in [5.74, 6) is 1.28. The summed E-state index contributed by atoms with van der Waals surface area (Å²) < 4.78 is 16.9. The van der Waals surface area contributed by atoms with E-state index in [1.807, 2.05) is 18.2 Å². The maximum atomic E-state index is 12.8. The van der Waals surface area contributed by atoms with E-state index in [2.05, 4.69) is 0 Å². The number of amides is 2. The third kappa shape index (κ3) is 6.31. The summed E-state index contributed by atoms with van der Waals surface area (Å²) in [5.41, 5.74) is 1.53. The molecule has 0 aromatic heterocycles. The van der Waals surface area contributed by atoms with E-state index in [0.29, 0.717) is 37.8 Å². The van der Waals surface area contributed by atoms with Crippen LogP contribution in [0.4, 0.5) is 4.79 Å². The average Bonchev–Trinajstić information content (AvgIpc) is 3.12. The summed E-state index contributed by atoms with van der Waals surface area (Å²) in [6.07, 6.45) is 1.66. The summed E-state index contributed by atoms with van der Waals surface area (Å²) in [6, 6.07) is 19.6. The lowest BCUT2D eigenvalue weighted by Gasteiger charge is -2.13. The van der Waals surface area contributed by atoms with Gasteiger partial charge in [-0.05, 0) is 65.9 Å². The predicted octanol–water partition coefficient (Wildman–Crippen LogP) is 6.70. The third-order valence-electron chi connectivity index (χ3n) is 5.10. The van der Waals surface area contributed by atoms with Crippen molar-refractivity contribution in [3.8, 4) is 17.2 Å². The number of thioether (sulfide) groups is 1. The molecule has 0 aliphatic carbocycles. The number of methoxy groups -OCH3 is 1. The lowest BCUT2D eigenvalue weighted by molar-refractivity contribution is -0.123. The SMILES string of the molecule is COc1ccc(/C=C2\SC(=O)N(CCOc3ccc(Cl)cc3)C2=O)cc1OCc1ccccc1Cl. The summed E-state index contributed by atoms with van der Waals surface area (Å²) in [4.78, 5) is 26.8. The van der Waals surface area contributed by atoms with Crippen LogP contribution in [0.15, 0.2) is 71.6 Å². The molecule has 180 valence electrons. The smallest absolute Gasteiger partial charge is 0.293 e. The Bertz CT molecular complexity index is 1260. The van der Waals surface area contributed by atoms with Crippen LogP contribution in [0.2, 0.25) is 10.0 Å². The molecule has 1 aliphatic rings. The van der Waals surface area contributed by atoms with E-state index in [1.54, 1.807) is 61.7 Å². The van der Waals surface area contributed by atoms with Gasteiger partial charge in [0, 0.05) is 15.6 Å². The molecule has 0 N–H and O–H groups in total. The summed E-state index contributed by atoms with van der Waals surface area (Å²) in [7, 11) is 1.55. The van der Waals surface area contributed by atoms with Crippen LogP contribution in [0.1, 0.15) is 11.1 Å². The highest BCUT2D eigenvalue weighted by Gasteiger charge is 2.34. The Labute approximate surface area is 217 Å². The number of imide groups is 1. The van der Waals surface area contributed by atoms with Gasteiger partial charge >= 0.3 is 0 Å². The van der Waals surface area contributed by atoms with Gasteiger partial charge in [0.25, 0.3) is 11.1 Å². The van der Waals surface area contributed by atoms with Crippen LogP contribution in [0, 0.1) is 0 Å². The number of halogens is 2. The van der Waals surface area contributed by atoms with Crippen molar-refractivity contribution in [3.05, 3.63) is 92.8 Å². The molecule has 3 aromatic carbocycles. The Morgan fingerprint density at radius 1 is 0.943 bits per heavy atom. The van der Waals surface area contributed by atoms with E-state index < -0.39 is 0 Å². The minimum Gasteiger partial charge on any atom is -0.493 e. The number of hydrogen-bond acceptors (Lipinski definition) is 6. The Balaban J connectivity index is 1.43. The van der Waals surface area contributed by atoms with Crippen molar-refractivity contribution in [3.63, 3.8) is 0 Å². The fourth-order valence-electron chi connectivity index (χ4n) is 3.30. The van der Waals surface area contributed by atoms with Crippen LogP contribution in [-0.4, -0.2) is 36.3 Å². The van der Waals surface area contributed by atoms with Gasteiger partial charge in [-0.15, -0.1) is 0 Å². The van der Waals surface area contributed by atoms with Crippen molar-refractivity contribution < 1.29 is 23.8 Å². The largest absolute Gasteiger partial charge is 0.493 e. The van der Waals surface area contributed by atoms with E-state index >= 15 is 0 Å². The first-order valence-electron chi connectivity index (χ1n) is 10.6. The molecule has 1 heterocycles. The first kappa shape index (κ1) is 25.0. The van der Waals surface area contributed by atoms with Crippen molar-refractivity contribution in [1.29, 1.82) is 0 Å². The van der Waals surface area contributed by atoms with Gasteiger partial charge in [0.2, 0.25) is 0 Å². The number of hydrogen-bond donors (Lipinski definition) is 0. The third-order valence-corrected chi connectivity index (χ3v) is 6.63. The predicted molar refractivity (Wildman–Crippen MR) is 138 cm³/mol. The van der Waals surface area contributed by atoms with E-state index in [4.69, 9.17) is 37.4 Å². The second-order valence-electron chi connectivity index (χ2n) is 7.43. The van der Waals surface area contributed by atoms with Gasteiger partial charge in [0.05, 0.1) is 18.6 Å². The van der Waals surface area contributed by atoms with E-state index in [-0.39, 0.29) is 30.9 Å². The molecule has 1 aliphatic heterocycles. The minimum absolute atomic E-state index is 0.138. The number of carbonyl (C=O) groups excluding carboxylic acids is 2. The minimum atomic E-state index is -0.367. The second kappa shape index (κ2) is 11.5. The number of rotatable bonds is 9. The second-order valence-corrected chi connectivity index (χ2v) is 9.26. The lowest BCUT2D eigenvalue weighted by Crippen LogP contribution is -2.32. The molecule has 0 saturated carbocycles. The van der Waals surface area contributed by atoms with Gasteiger partial charge < -0.3 is 14.2 Å². The highest BCUT2D eigenvalue weighted by atomic mass is 35.5. The highest BCUT2D eigenvalue weighted by Crippen LogP contribution is 2.35. The molecular formula is C26H21Cl2NO5S. The quantitative estimate of drug-likeness (QED) is 0.287. The number of ether oxygens (including phenoxy) is 3. The fourth-order valence-corrected chi connectivity index (χ4v) is 4.48. The Morgan fingerprint density at radius 3 is 2.46 bits per heavy atom. The molecule has 9 heteroatoms. The van der Waals surface area contributed by atoms with Gasteiger partial charge in [-0.2, -0.15) is 0 Å². The number of nitrogens with zero attached hydrogens (tertiary/aromatic N) is 1. The molecular weight excluding hydrogens is 509 g/mol. The molecule has 35 heavy (non-hydrogen) atoms. The topological polar surface area (TPSA) is 65.1 Å². The maximum Gasteiger partial charge on any atom is 0.293 e. The van der Waals surface area contributed by atoms with Crippen molar-refractivity contribution in [2.45, 2.75) is 6.61 Å². The number of benzene rings is 3. The zero-order chi connectivity index (χ0) is 24.8. The van der Waals surface area contributed by atoms with E-state index in [0.717, 1.165) is 17.3 Å². The van der Waals surface area contributed by atoms with Crippen LogP contribution >= 0.6 is 35.0 Å². The zero-order valence-corrected chi connectivity index (χ0v) is 21.0. The lowest BCUT2D eigenvalue weighted by atomic mass is 10.1. The average molecular weight is 530 g/mol. The van der Waals surface area contributed by atoms with Gasteiger partial charge in [-0.25, -0.2) is 0 Å². The first-order valence-corrected chi connectivity index (χ1v) is 12.2. The monoisotopic (exact) mass is 529 g/mol. The molecule has 1 fully saturated rings.